The SMILES string of the molecule is Cc1cc(N(C)C2CCCN(Cc3cscn3)C2)ncn1. The summed E-state index contributed by atoms with van der Waals surface area (Å²) in [5, 5.41) is 2.14. The molecule has 0 amide bonds. The van der Waals surface area contributed by atoms with Crippen molar-refractivity contribution in [2.75, 3.05) is 25.0 Å². The van der Waals surface area contributed by atoms with Crippen LogP contribution >= 0.6 is 11.3 Å². The number of rotatable bonds is 4. The van der Waals surface area contributed by atoms with Gasteiger partial charge in [-0.3, -0.25) is 4.90 Å². The lowest BCUT2D eigenvalue weighted by atomic mass is 10.0. The van der Waals surface area contributed by atoms with Gasteiger partial charge in [-0.05, 0) is 26.3 Å². The summed E-state index contributed by atoms with van der Waals surface area (Å²) in [6.07, 6.45) is 4.09. The molecule has 0 radical (unpaired) electrons. The first-order chi connectivity index (χ1) is 10.2. The molecule has 21 heavy (non-hydrogen) atoms. The number of aromatic nitrogens is 3. The number of thiazole rings is 1. The van der Waals surface area contributed by atoms with E-state index in [1.807, 2.05) is 12.4 Å². The van der Waals surface area contributed by atoms with Gasteiger partial charge in [0.25, 0.3) is 0 Å². The van der Waals surface area contributed by atoms with Crippen LogP contribution in [0.5, 0.6) is 0 Å². The fourth-order valence-corrected chi connectivity index (χ4v) is 3.41. The number of likely N-dealkylation sites (N-methyl/N-ethyl adjacent to an activating group) is 1. The second-order valence-corrected chi connectivity index (χ2v) is 6.36. The zero-order valence-corrected chi connectivity index (χ0v) is 13.4. The molecule has 1 fully saturated rings. The van der Waals surface area contributed by atoms with Crippen molar-refractivity contribution in [2.45, 2.75) is 32.4 Å². The summed E-state index contributed by atoms with van der Waals surface area (Å²) in [5.41, 5.74) is 4.11. The Morgan fingerprint density at radius 2 is 2.29 bits per heavy atom. The molecule has 1 atom stereocenters. The maximum atomic E-state index is 4.40. The second kappa shape index (κ2) is 6.49. The lowest BCUT2D eigenvalue weighted by Gasteiger charge is -2.38. The third-order valence-electron chi connectivity index (χ3n) is 4.05. The number of hydrogen-bond donors (Lipinski definition) is 0. The first-order valence-electron chi connectivity index (χ1n) is 7.33. The smallest absolute Gasteiger partial charge is 0.132 e. The number of nitrogens with zero attached hydrogens (tertiary/aromatic N) is 5. The van der Waals surface area contributed by atoms with Crippen molar-refractivity contribution in [1.29, 1.82) is 0 Å². The molecule has 2 aromatic rings. The van der Waals surface area contributed by atoms with Crippen molar-refractivity contribution in [3.63, 3.8) is 0 Å². The lowest BCUT2D eigenvalue weighted by molar-refractivity contribution is 0.196. The molecule has 1 saturated heterocycles. The Morgan fingerprint density at radius 1 is 1.38 bits per heavy atom. The highest BCUT2D eigenvalue weighted by Crippen LogP contribution is 2.21. The summed E-state index contributed by atoms with van der Waals surface area (Å²) in [4.78, 5) is 17.8. The lowest BCUT2D eigenvalue weighted by Crippen LogP contribution is -2.46. The fourth-order valence-electron chi connectivity index (χ4n) is 2.86. The molecule has 0 bridgehead atoms. The highest BCUT2D eigenvalue weighted by molar-refractivity contribution is 7.07. The number of hydrogen-bond acceptors (Lipinski definition) is 6. The van der Waals surface area contributed by atoms with Crippen molar-refractivity contribution in [3.05, 3.63) is 34.7 Å². The Kier molecular flexibility index (Phi) is 4.45. The molecule has 1 aliphatic heterocycles. The summed E-state index contributed by atoms with van der Waals surface area (Å²) in [6, 6.07) is 2.56. The molecule has 6 heteroatoms. The molecule has 1 aliphatic rings. The van der Waals surface area contributed by atoms with Crippen molar-refractivity contribution in [1.82, 2.24) is 19.9 Å². The quantitative estimate of drug-likeness (QED) is 0.867. The Balaban J connectivity index is 1.65. The zero-order valence-electron chi connectivity index (χ0n) is 12.6. The third-order valence-corrected chi connectivity index (χ3v) is 4.68. The summed E-state index contributed by atoms with van der Waals surface area (Å²) in [7, 11) is 2.14. The minimum Gasteiger partial charge on any atom is -0.355 e. The summed E-state index contributed by atoms with van der Waals surface area (Å²) in [5.74, 6) is 1.02. The van der Waals surface area contributed by atoms with Gasteiger partial charge in [-0.15, -0.1) is 11.3 Å². The molecule has 3 rings (SSSR count). The van der Waals surface area contributed by atoms with Crippen LogP contribution in [0.2, 0.25) is 0 Å². The minimum absolute atomic E-state index is 0.506. The van der Waals surface area contributed by atoms with E-state index in [0.717, 1.165) is 31.1 Å². The van der Waals surface area contributed by atoms with Gasteiger partial charge < -0.3 is 4.90 Å². The maximum absolute atomic E-state index is 4.40. The van der Waals surface area contributed by atoms with E-state index in [0.29, 0.717) is 6.04 Å². The first-order valence-corrected chi connectivity index (χ1v) is 8.27. The van der Waals surface area contributed by atoms with Crippen LogP contribution in [0, 0.1) is 6.92 Å². The second-order valence-electron chi connectivity index (χ2n) is 5.64. The standard InChI is InChI=1S/C15H21N5S/c1-12-6-15(17-10-16-12)19(2)14-4-3-5-20(8-14)7-13-9-21-11-18-13/h6,9-11,14H,3-5,7-8H2,1-2H3. The van der Waals surface area contributed by atoms with E-state index in [9.17, 15) is 0 Å². The van der Waals surface area contributed by atoms with Crippen molar-refractivity contribution >= 4 is 17.2 Å². The van der Waals surface area contributed by atoms with E-state index in [1.54, 1.807) is 17.7 Å². The molecule has 2 aromatic heterocycles. The predicted molar refractivity (Wildman–Crippen MR) is 85.6 cm³/mol. The number of piperidine rings is 1. The van der Waals surface area contributed by atoms with Gasteiger partial charge in [0.05, 0.1) is 11.2 Å². The van der Waals surface area contributed by atoms with Crippen LogP contribution in [0.3, 0.4) is 0 Å². The van der Waals surface area contributed by atoms with Gasteiger partial charge in [-0.1, -0.05) is 0 Å². The molecule has 112 valence electrons. The molecule has 0 N–H and O–H groups in total. The summed E-state index contributed by atoms with van der Waals surface area (Å²) in [6.45, 7) is 5.19. The summed E-state index contributed by atoms with van der Waals surface area (Å²) >= 11 is 1.67. The van der Waals surface area contributed by atoms with E-state index >= 15 is 0 Å². The highest BCUT2D eigenvalue weighted by atomic mass is 32.1. The van der Waals surface area contributed by atoms with E-state index in [2.05, 4.69) is 43.2 Å². The largest absolute Gasteiger partial charge is 0.355 e. The van der Waals surface area contributed by atoms with Crippen LogP contribution in [0.1, 0.15) is 24.2 Å². The number of anilines is 1. The zero-order chi connectivity index (χ0) is 14.7. The number of likely N-dealkylation sites (tertiary alicyclic amines) is 1. The van der Waals surface area contributed by atoms with Crippen molar-refractivity contribution in [3.8, 4) is 0 Å². The molecule has 0 aromatic carbocycles. The molecular formula is C15H21N5S. The Labute approximate surface area is 129 Å². The first kappa shape index (κ1) is 14.4. The molecule has 1 unspecified atom stereocenters. The topological polar surface area (TPSA) is 45.2 Å². The van der Waals surface area contributed by atoms with Crippen molar-refractivity contribution in [2.24, 2.45) is 0 Å². The van der Waals surface area contributed by atoms with E-state index in [-0.39, 0.29) is 0 Å². The van der Waals surface area contributed by atoms with Crippen LogP contribution in [0.25, 0.3) is 0 Å². The van der Waals surface area contributed by atoms with Gasteiger partial charge in [0.15, 0.2) is 0 Å². The van der Waals surface area contributed by atoms with Gasteiger partial charge in [0.2, 0.25) is 0 Å². The highest BCUT2D eigenvalue weighted by Gasteiger charge is 2.24. The van der Waals surface area contributed by atoms with Gasteiger partial charge in [0, 0.05) is 43.3 Å². The Bertz CT molecular complexity index is 571. The maximum Gasteiger partial charge on any atom is 0.132 e. The minimum atomic E-state index is 0.506. The molecule has 0 aliphatic carbocycles. The van der Waals surface area contributed by atoms with Crippen LogP contribution in [-0.4, -0.2) is 46.0 Å². The van der Waals surface area contributed by atoms with Gasteiger partial charge in [-0.25, -0.2) is 15.0 Å². The average Bonchev–Trinajstić information content (AvgIpc) is 3.00. The van der Waals surface area contributed by atoms with Gasteiger partial charge in [0.1, 0.15) is 12.1 Å². The normalized spacial score (nSPS) is 19.6. The van der Waals surface area contributed by atoms with Crippen molar-refractivity contribution < 1.29 is 0 Å². The molecule has 3 heterocycles. The van der Waals surface area contributed by atoms with Crippen LogP contribution in [-0.2, 0) is 6.54 Å². The van der Waals surface area contributed by atoms with Gasteiger partial charge in [-0.2, -0.15) is 0 Å². The third kappa shape index (κ3) is 3.57. The Hall–Kier alpha value is -1.53. The molecular weight excluding hydrogens is 282 g/mol. The molecule has 0 saturated carbocycles. The number of aryl methyl sites for hydroxylation is 1. The Morgan fingerprint density at radius 3 is 3.05 bits per heavy atom. The van der Waals surface area contributed by atoms with Gasteiger partial charge >= 0.3 is 0 Å². The fraction of sp³-hybridized carbons (Fsp3) is 0.533. The predicted octanol–water partition coefficient (Wildman–Crippen LogP) is 2.34. The summed E-state index contributed by atoms with van der Waals surface area (Å²) < 4.78 is 0. The van der Waals surface area contributed by atoms with E-state index < -0.39 is 0 Å². The van der Waals surface area contributed by atoms with E-state index in [4.69, 9.17) is 0 Å². The molecule has 5 nitrogen and oxygen atoms in total. The van der Waals surface area contributed by atoms with Crippen LogP contribution < -0.4 is 4.90 Å². The van der Waals surface area contributed by atoms with Crippen LogP contribution in [0.4, 0.5) is 5.82 Å². The average molecular weight is 303 g/mol. The molecule has 0 spiro atoms. The van der Waals surface area contributed by atoms with E-state index in [1.165, 1.54) is 18.5 Å². The monoisotopic (exact) mass is 303 g/mol. The van der Waals surface area contributed by atoms with Crippen LogP contribution in [0.15, 0.2) is 23.3 Å².